The predicted molar refractivity (Wildman–Crippen MR) is 110 cm³/mol. The largest absolute Gasteiger partial charge is 0.368 e. The Morgan fingerprint density at radius 3 is 2.44 bits per heavy atom. The molecule has 2 aliphatic rings. The summed E-state index contributed by atoms with van der Waals surface area (Å²) in [4.78, 5) is 21.4. The molecule has 0 bridgehead atoms. The number of rotatable bonds is 2. The Balaban J connectivity index is 1.40. The minimum Gasteiger partial charge on any atom is -0.368 e. The second-order valence-electron chi connectivity index (χ2n) is 6.32. The highest BCUT2D eigenvalue weighted by Crippen LogP contribution is 2.31. The number of hydrogen-bond donors (Lipinski definition) is 0. The second-order valence-corrected chi connectivity index (χ2v) is 7.76. The number of thioether (sulfide) groups is 1. The Morgan fingerprint density at radius 2 is 1.74 bits per heavy atom. The molecule has 1 saturated heterocycles. The van der Waals surface area contributed by atoms with Gasteiger partial charge in [0.2, 0.25) is 0 Å². The van der Waals surface area contributed by atoms with Gasteiger partial charge in [0.05, 0.1) is 4.91 Å². The number of anilines is 1. The van der Waals surface area contributed by atoms with Gasteiger partial charge >= 0.3 is 0 Å². The summed E-state index contributed by atoms with van der Waals surface area (Å²) < 4.78 is 13.0. The molecule has 1 fully saturated rings. The molecule has 27 heavy (non-hydrogen) atoms. The number of halogens is 2. The van der Waals surface area contributed by atoms with Gasteiger partial charge in [-0.25, -0.2) is 4.39 Å². The molecule has 2 aromatic rings. The minimum atomic E-state index is -0.294. The molecule has 0 radical (unpaired) electrons. The van der Waals surface area contributed by atoms with Crippen molar-refractivity contribution in [3.8, 4) is 0 Å². The lowest BCUT2D eigenvalue weighted by atomic mass is 10.2. The molecule has 138 valence electrons. The molecule has 0 aliphatic carbocycles. The van der Waals surface area contributed by atoms with E-state index in [1.807, 2.05) is 18.2 Å². The number of benzene rings is 2. The molecule has 0 saturated carbocycles. The summed E-state index contributed by atoms with van der Waals surface area (Å²) >= 11 is 7.46. The third kappa shape index (κ3) is 4.17. The quantitative estimate of drug-likeness (QED) is 0.704. The van der Waals surface area contributed by atoms with E-state index in [0.29, 0.717) is 4.91 Å². The van der Waals surface area contributed by atoms with E-state index in [2.05, 4.69) is 20.9 Å². The van der Waals surface area contributed by atoms with Crippen molar-refractivity contribution in [2.75, 3.05) is 31.1 Å². The molecule has 7 heteroatoms. The van der Waals surface area contributed by atoms with E-state index in [1.165, 1.54) is 23.9 Å². The Morgan fingerprint density at radius 1 is 1.04 bits per heavy atom. The van der Waals surface area contributed by atoms with Gasteiger partial charge in [-0.05, 0) is 53.7 Å². The lowest BCUT2D eigenvalue weighted by Gasteiger charge is -2.36. The van der Waals surface area contributed by atoms with Crippen molar-refractivity contribution < 1.29 is 9.18 Å². The van der Waals surface area contributed by atoms with E-state index in [-0.39, 0.29) is 11.7 Å². The van der Waals surface area contributed by atoms with Gasteiger partial charge in [0.25, 0.3) is 5.91 Å². The molecular formula is C20H17ClFN3OS. The molecule has 1 amide bonds. The van der Waals surface area contributed by atoms with E-state index in [9.17, 15) is 9.18 Å². The summed E-state index contributed by atoms with van der Waals surface area (Å²) in [6.07, 6.45) is 1.76. The van der Waals surface area contributed by atoms with Gasteiger partial charge in [0, 0.05) is 36.9 Å². The van der Waals surface area contributed by atoms with Crippen LogP contribution in [0.1, 0.15) is 5.56 Å². The zero-order valence-corrected chi connectivity index (χ0v) is 16.0. The number of hydrogen-bond acceptors (Lipinski definition) is 4. The predicted octanol–water partition coefficient (Wildman–Crippen LogP) is 4.27. The molecule has 2 aliphatic heterocycles. The zero-order chi connectivity index (χ0) is 18.8. The third-order valence-corrected chi connectivity index (χ3v) is 5.78. The first-order valence-corrected chi connectivity index (χ1v) is 9.81. The normalized spacial score (nSPS) is 19.0. The molecular weight excluding hydrogens is 385 g/mol. The highest BCUT2D eigenvalue weighted by Gasteiger charge is 2.28. The van der Waals surface area contributed by atoms with Crippen molar-refractivity contribution >= 4 is 46.2 Å². The van der Waals surface area contributed by atoms with Crippen LogP contribution in [0.25, 0.3) is 6.08 Å². The van der Waals surface area contributed by atoms with Gasteiger partial charge in [0.15, 0.2) is 5.17 Å². The minimum absolute atomic E-state index is 0.239. The second kappa shape index (κ2) is 7.74. The van der Waals surface area contributed by atoms with E-state index in [0.717, 1.165) is 47.6 Å². The summed E-state index contributed by atoms with van der Waals surface area (Å²) in [5.74, 6) is -0.534. The molecule has 0 spiro atoms. The van der Waals surface area contributed by atoms with Crippen LogP contribution in [-0.4, -0.2) is 42.2 Å². The van der Waals surface area contributed by atoms with Crippen LogP contribution < -0.4 is 4.90 Å². The molecule has 0 atom stereocenters. The SMILES string of the molecule is O=C1N=C(N2CCN(c3cccc(Cl)c3)CC2)S/C1=C\c1ccc(F)cc1. The number of carbonyl (C=O) groups excluding carboxylic acids is 1. The van der Waals surface area contributed by atoms with Gasteiger partial charge in [-0.1, -0.05) is 29.8 Å². The third-order valence-electron chi connectivity index (χ3n) is 4.50. The maximum Gasteiger partial charge on any atom is 0.286 e. The standard InChI is InChI=1S/C20H17ClFN3OS/c21-15-2-1-3-17(13-15)24-8-10-25(11-9-24)20-23-19(26)18(27-20)12-14-4-6-16(22)7-5-14/h1-7,12-13H,8-11H2/b18-12-. The van der Waals surface area contributed by atoms with Gasteiger partial charge in [-0.3, -0.25) is 4.79 Å². The highest BCUT2D eigenvalue weighted by atomic mass is 35.5. The lowest BCUT2D eigenvalue weighted by Crippen LogP contribution is -2.47. The fraction of sp³-hybridized carbons (Fsp3) is 0.200. The Labute approximate surface area is 166 Å². The maximum absolute atomic E-state index is 13.0. The number of amidine groups is 1. The van der Waals surface area contributed by atoms with Crippen molar-refractivity contribution in [2.45, 2.75) is 0 Å². The van der Waals surface area contributed by atoms with Crippen molar-refractivity contribution in [1.29, 1.82) is 0 Å². The average molecular weight is 402 g/mol. The first kappa shape index (κ1) is 18.1. The smallest absolute Gasteiger partial charge is 0.286 e. The van der Waals surface area contributed by atoms with Crippen LogP contribution in [0, 0.1) is 5.82 Å². The van der Waals surface area contributed by atoms with Crippen LogP contribution in [0.15, 0.2) is 58.4 Å². The Bertz CT molecular complexity index is 921. The fourth-order valence-corrected chi connectivity index (χ4v) is 4.22. The summed E-state index contributed by atoms with van der Waals surface area (Å²) in [7, 11) is 0. The average Bonchev–Trinajstić information content (AvgIpc) is 3.04. The van der Waals surface area contributed by atoms with Crippen LogP contribution in [0.2, 0.25) is 5.02 Å². The first-order valence-electron chi connectivity index (χ1n) is 8.62. The number of aliphatic imine (C=N–C) groups is 1. The van der Waals surface area contributed by atoms with Crippen molar-refractivity contribution in [2.24, 2.45) is 4.99 Å². The number of carbonyl (C=O) groups is 1. The van der Waals surface area contributed by atoms with E-state index in [1.54, 1.807) is 18.2 Å². The summed E-state index contributed by atoms with van der Waals surface area (Å²) in [6.45, 7) is 3.25. The van der Waals surface area contributed by atoms with Crippen molar-refractivity contribution in [3.63, 3.8) is 0 Å². The number of amides is 1. The number of nitrogens with zero attached hydrogens (tertiary/aromatic N) is 3. The zero-order valence-electron chi connectivity index (χ0n) is 14.4. The van der Waals surface area contributed by atoms with Crippen LogP contribution >= 0.6 is 23.4 Å². The number of piperazine rings is 1. The Kier molecular flexibility index (Phi) is 5.18. The van der Waals surface area contributed by atoms with Gasteiger partial charge in [-0.2, -0.15) is 4.99 Å². The van der Waals surface area contributed by atoms with Crippen LogP contribution in [-0.2, 0) is 4.79 Å². The van der Waals surface area contributed by atoms with Crippen molar-refractivity contribution in [3.05, 3.63) is 69.8 Å². The molecule has 2 heterocycles. The molecule has 4 rings (SSSR count). The molecule has 0 aromatic heterocycles. The van der Waals surface area contributed by atoms with Gasteiger partial charge < -0.3 is 9.80 Å². The van der Waals surface area contributed by atoms with Crippen molar-refractivity contribution in [1.82, 2.24) is 4.90 Å². The monoisotopic (exact) mass is 401 g/mol. The van der Waals surface area contributed by atoms with Crippen LogP contribution in [0.3, 0.4) is 0 Å². The fourth-order valence-electron chi connectivity index (χ4n) is 3.07. The molecule has 4 nitrogen and oxygen atoms in total. The molecule has 2 aromatic carbocycles. The van der Waals surface area contributed by atoms with Crippen LogP contribution in [0.4, 0.5) is 10.1 Å². The van der Waals surface area contributed by atoms with E-state index >= 15 is 0 Å². The van der Waals surface area contributed by atoms with E-state index < -0.39 is 0 Å². The topological polar surface area (TPSA) is 35.9 Å². The molecule has 0 unspecified atom stereocenters. The molecule has 0 N–H and O–H groups in total. The maximum atomic E-state index is 13.0. The van der Waals surface area contributed by atoms with Crippen LogP contribution in [0.5, 0.6) is 0 Å². The summed E-state index contributed by atoms with van der Waals surface area (Å²) in [5, 5.41) is 1.46. The van der Waals surface area contributed by atoms with E-state index in [4.69, 9.17) is 11.6 Å². The summed E-state index contributed by atoms with van der Waals surface area (Å²) in [6, 6.07) is 13.9. The Hall–Kier alpha value is -2.31. The lowest BCUT2D eigenvalue weighted by molar-refractivity contribution is -0.113. The van der Waals surface area contributed by atoms with Gasteiger partial charge in [0.1, 0.15) is 5.82 Å². The van der Waals surface area contributed by atoms with Gasteiger partial charge in [-0.15, -0.1) is 0 Å². The summed E-state index contributed by atoms with van der Waals surface area (Å²) in [5.41, 5.74) is 1.89. The first-order chi connectivity index (χ1) is 13.1. The highest BCUT2D eigenvalue weighted by molar-refractivity contribution is 8.18.